The van der Waals surface area contributed by atoms with E-state index in [4.69, 9.17) is 9.40 Å². The van der Waals surface area contributed by atoms with Gasteiger partial charge in [-0.1, -0.05) is 119 Å². The van der Waals surface area contributed by atoms with Crippen LogP contribution in [0.1, 0.15) is 70.1 Å². The zero-order valence-corrected chi connectivity index (χ0v) is 29.5. The van der Waals surface area contributed by atoms with Crippen LogP contribution in [0.5, 0.6) is 0 Å². The van der Waals surface area contributed by atoms with Gasteiger partial charge in [0, 0.05) is 10.8 Å². The number of halogens is 1. The van der Waals surface area contributed by atoms with Crippen LogP contribution in [-0.4, -0.2) is 9.55 Å². The van der Waals surface area contributed by atoms with Crippen molar-refractivity contribution in [1.29, 1.82) is 0 Å². The van der Waals surface area contributed by atoms with Crippen molar-refractivity contribution in [3.8, 4) is 39.3 Å². The maximum Gasteiger partial charge on any atom is 0.149 e. The highest BCUT2D eigenvalue weighted by molar-refractivity contribution is 6.09. The molecule has 8 rings (SSSR count). The molecule has 0 spiro atoms. The Morgan fingerprint density at radius 2 is 1.24 bits per heavy atom. The van der Waals surface area contributed by atoms with Gasteiger partial charge < -0.3 is 4.42 Å². The van der Waals surface area contributed by atoms with Crippen LogP contribution in [0.3, 0.4) is 0 Å². The third-order valence-electron chi connectivity index (χ3n) is 9.95. The van der Waals surface area contributed by atoms with Gasteiger partial charge in [-0.3, -0.25) is 4.57 Å². The number of benzene rings is 6. The highest BCUT2D eigenvalue weighted by atomic mass is 19.1. The van der Waals surface area contributed by atoms with Gasteiger partial charge in [-0.25, -0.2) is 9.37 Å². The van der Waals surface area contributed by atoms with Crippen LogP contribution in [0.25, 0.3) is 72.3 Å². The van der Waals surface area contributed by atoms with Crippen LogP contribution in [0, 0.1) is 0 Å². The fourth-order valence-corrected chi connectivity index (χ4v) is 7.25. The molecule has 2 heterocycles. The number of nitrogens with zero attached hydrogens (tertiary/aromatic N) is 2. The summed E-state index contributed by atoms with van der Waals surface area (Å²) in [5.41, 5.74) is 11.9. The number of hydrogen-bond acceptors (Lipinski definition) is 2. The van der Waals surface area contributed by atoms with Crippen molar-refractivity contribution in [1.82, 2.24) is 9.55 Å². The maximum absolute atomic E-state index is 15.0. The summed E-state index contributed by atoms with van der Waals surface area (Å²) in [4.78, 5) is 5.30. The molecule has 0 radical (unpaired) electrons. The lowest BCUT2D eigenvalue weighted by Gasteiger charge is -2.24. The lowest BCUT2D eigenvalue weighted by molar-refractivity contribution is 0.221. The van der Waals surface area contributed by atoms with E-state index in [0.29, 0.717) is 11.1 Å². The molecule has 0 aliphatic rings. The monoisotopic (exact) mass is 656 g/mol. The molecule has 0 fully saturated rings. The molecular formula is C46H41FN2O. The molecule has 3 nitrogen and oxygen atoms in total. The van der Waals surface area contributed by atoms with Crippen LogP contribution in [0.4, 0.5) is 4.39 Å². The smallest absolute Gasteiger partial charge is 0.149 e. The van der Waals surface area contributed by atoms with E-state index in [-0.39, 0.29) is 11.8 Å². The quantitative estimate of drug-likeness (QED) is 0.171. The van der Waals surface area contributed by atoms with Crippen molar-refractivity contribution in [3.63, 3.8) is 0 Å². The lowest BCUT2D eigenvalue weighted by atomic mass is 9.87. The zero-order valence-electron chi connectivity index (χ0n) is 29.5. The van der Waals surface area contributed by atoms with Gasteiger partial charge in [-0.15, -0.1) is 0 Å². The topological polar surface area (TPSA) is 31.0 Å². The van der Waals surface area contributed by atoms with E-state index < -0.39 is 5.67 Å². The minimum Gasteiger partial charge on any atom is -0.455 e. The second kappa shape index (κ2) is 12.1. The molecule has 50 heavy (non-hydrogen) atoms. The number of hydrogen-bond donors (Lipinski definition) is 0. The summed E-state index contributed by atoms with van der Waals surface area (Å²) in [6.45, 7) is 12.2. The number of rotatable bonds is 7. The van der Waals surface area contributed by atoms with Gasteiger partial charge in [0.15, 0.2) is 0 Å². The largest absolute Gasteiger partial charge is 0.455 e. The Morgan fingerprint density at radius 1 is 0.620 bits per heavy atom. The number of imidazole rings is 1. The molecule has 6 aromatic carbocycles. The van der Waals surface area contributed by atoms with Crippen molar-refractivity contribution in [2.24, 2.45) is 0 Å². The third-order valence-corrected chi connectivity index (χ3v) is 9.95. The second-order valence-corrected chi connectivity index (χ2v) is 14.5. The van der Waals surface area contributed by atoms with Crippen LogP contribution in [-0.2, 0) is 5.67 Å². The van der Waals surface area contributed by atoms with Gasteiger partial charge in [-0.2, -0.15) is 0 Å². The van der Waals surface area contributed by atoms with Crippen molar-refractivity contribution in [2.45, 2.75) is 59.0 Å². The van der Waals surface area contributed by atoms with E-state index in [1.54, 1.807) is 13.8 Å². The molecule has 0 atom stereocenters. The normalized spacial score (nSPS) is 12.3. The first-order valence-corrected chi connectivity index (χ1v) is 17.5. The minimum absolute atomic E-state index is 0.240. The molecule has 0 amide bonds. The van der Waals surface area contributed by atoms with Crippen LogP contribution >= 0.6 is 0 Å². The summed E-state index contributed by atoms with van der Waals surface area (Å²) in [6.07, 6.45) is 0. The Balaban J connectivity index is 1.36. The molecule has 0 saturated heterocycles. The molecule has 248 valence electrons. The molecule has 0 N–H and O–H groups in total. The Bertz CT molecular complexity index is 2480. The molecule has 0 aliphatic heterocycles. The average molecular weight is 657 g/mol. The highest BCUT2D eigenvalue weighted by Gasteiger charge is 2.26. The molecule has 0 bridgehead atoms. The summed E-state index contributed by atoms with van der Waals surface area (Å²) in [5.74, 6) is 1.31. The molecule has 8 aromatic rings. The molecule has 0 unspecified atom stereocenters. The number of alkyl halides is 1. The molecule has 4 heteroatoms. The fourth-order valence-electron chi connectivity index (χ4n) is 7.25. The number of furan rings is 1. The lowest BCUT2D eigenvalue weighted by Crippen LogP contribution is -2.09. The van der Waals surface area contributed by atoms with Crippen LogP contribution in [0.2, 0.25) is 0 Å². The van der Waals surface area contributed by atoms with Gasteiger partial charge in [0.05, 0.1) is 22.3 Å². The van der Waals surface area contributed by atoms with E-state index in [2.05, 4.69) is 135 Å². The van der Waals surface area contributed by atoms with Gasteiger partial charge in [0.25, 0.3) is 0 Å². The van der Waals surface area contributed by atoms with Crippen molar-refractivity contribution < 1.29 is 8.81 Å². The van der Waals surface area contributed by atoms with Gasteiger partial charge in [0.1, 0.15) is 22.7 Å². The average Bonchev–Trinajstić information content (AvgIpc) is 3.69. The number of aromatic nitrogens is 2. The maximum atomic E-state index is 15.0. The summed E-state index contributed by atoms with van der Waals surface area (Å²) < 4.78 is 23.9. The number of fused-ring (bicyclic) bond motifs is 4. The first kappa shape index (κ1) is 31.8. The van der Waals surface area contributed by atoms with E-state index >= 15 is 0 Å². The van der Waals surface area contributed by atoms with Crippen LogP contribution in [0.15, 0.2) is 132 Å². The Labute approximate surface area is 293 Å². The van der Waals surface area contributed by atoms with E-state index in [1.807, 2.05) is 24.3 Å². The molecule has 2 aromatic heterocycles. The summed E-state index contributed by atoms with van der Waals surface area (Å²) >= 11 is 0. The van der Waals surface area contributed by atoms with E-state index in [1.165, 1.54) is 33.4 Å². The molecular weight excluding hydrogens is 616 g/mol. The van der Waals surface area contributed by atoms with Gasteiger partial charge in [-0.05, 0) is 101 Å². The Morgan fingerprint density at radius 3 is 1.90 bits per heavy atom. The molecule has 0 saturated carbocycles. The Kier molecular flexibility index (Phi) is 7.71. The van der Waals surface area contributed by atoms with Crippen molar-refractivity contribution >= 4 is 33.0 Å². The van der Waals surface area contributed by atoms with Crippen molar-refractivity contribution in [3.05, 3.63) is 144 Å². The predicted molar refractivity (Wildman–Crippen MR) is 207 cm³/mol. The number of para-hydroxylation sites is 3. The van der Waals surface area contributed by atoms with E-state index in [9.17, 15) is 4.39 Å². The van der Waals surface area contributed by atoms with Gasteiger partial charge >= 0.3 is 0 Å². The SMILES string of the molecule is CC(C)c1cc(-c2ccc(-c3ccccc3)cc2)cc(C(C)C)c1-n1c(-c2cccc3c2oc2cc(C(C)(C)F)ccc23)nc2ccccc21. The predicted octanol–water partition coefficient (Wildman–Crippen LogP) is 13.4. The summed E-state index contributed by atoms with van der Waals surface area (Å²) in [7, 11) is 0. The zero-order chi connectivity index (χ0) is 34.7. The first-order valence-electron chi connectivity index (χ1n) is 17.5. The van der Waals surface area contributed by atoms with Crippen LogP contribution < -0.4 is 0 Å². The Hall–Kier alpha value is -5.48. The summed E-state index contributed by atoms with van der Waals surface area (Å²) in [5, 5.41) is 1.95. The second-order valence-electron chi connectivity index (χ2n) is 14.5. The minimum atomic E-state index is -1.47. The standard InChI is InChI=1S/C46H41FN2O/c1-28(2)38-25-33(32-21-19-31(20-22-32)30-13-8-7-9-14-30)26-39(29(3)4)43(38)49-41-18-11-10-17-40(41)48-45(49)37-16-12-15-36-35-24-23-34(46(5,6)47)27-42(35)50-44(36)37/h7-29H,1-6H3. The fraction of sp³-hybridized carbons (Fsp3) is 0.196. The third kappa shape index (κ3) is 5.40. The summed E-state index contributed by atoms with van der Waals surface area (Å²) in [6, 6.07) is 44.4. The van der Waals surface area contributed by atoms with E-state index in [0.717, 1.165) is 44.5 Å². The van der Waals surface area contributed by atoms with Crippen molar-refractivity contribution in [2.75, 3.05) is 0 Å². The first-order chi connectivity index (χ1) is 24.1. The molecule has 0 aliphatic carbocycles. The van der Waals surface area contributed by atoms with Gasteiger partial charge in [0.2, 0.25) is 0 Å². The highest BCUT2D eigenvalue weighted by Crippen LogP contribution is 2.43.